The van der Waals surface area contributed by atoms with Gasteiger partial charge in [0, 0.05) is 18.9 Å². The first-order valence-corrected chi connectivity index (χ1v) is 7.85. The molecule has 2 aromatic rings. The fourth-order valence-electron chi connectivity index (χ4n) is 2.55. The number of methoxy groups -OCH3 is 2. The van der Waals surface area contributed by atoms with Crippen molar-refractivity contribution in [2.45, 2.75) is 25.9 Å². The second-order valence-electron chi connectivity index (χ2n) is 5.62. The highest BCUT2D eigenvalue weighted by Gasteiger charge is 2.24. The Kier molecular flexibility index (Phi) is 4.93. The van der Waals surface area contributed by atoms with Crippen LogP contribution in [0.15, 0.2) is 18.5 Å². The number of hydrogen-bond donors (Lipinski definition) is 0. The highest BCUT2D eigenvalue weighted by molar-refractivity contribution is 5.37. The Morgan fingerprint density at radius 3 is 2.38 bits per heavy atom. The summed E-state index contributed by atoms with van der Waals surface area (Å²) in [5.41, 5.74) is 1.00. The minimum atomic E-state index is -0.0118. The van der Waals surface area contributed by atoms with Gasteiger partial charge in [-0.05, 0) is 25.3 Å². The number of aryl methyl sites for hydroxylation is 1. The van der Waals surface area contributed by atoms with Gasteiger partial charge in [0.25, 0.3) is 0 Å². The van der Waals surface area contributed by atoms with Gasteiger partial charge in [-0.1, -0.05) is 0 Å². The lowest BCUT2D eigenvalue weighted by Crippen LogP contribution is -2.42. The zero-order valence-corrected chi connectivity index (χ0v) is 14.1. The molecule has 0 aromatic carbocycles. The van der Waals surface area contributed by atoms with E-state index in [0.717, 1.165) is 24.9 Å². The average molecular weight is 331 g/mol. The number of ether oxygens (including phenoxy) is 3. The summed E-state index contributed by atoms with van der Waals surface area (Å²) in [7, 11) is 3.14. The predicted molar refractivity (Wildman–Crippen MR) is 87.8 cm³/mol. The molecule has 3 rings (SSSR count). The summed E-state index contributed by atoms with van der Waals surface area (Å²) >= 11 is 0. The summed E-state index contributed by atoms with van der Waals surface area (Å²) in [5.74, 6) is 1.52. The van der Waals surface area contributed by atoms with Gasteiger partial charge in [-0.25, -0.2) is 9.97 Å². The van der Waals surface area contributed by atoms with Gasteiger partial charge in [-0.3, -0.25) is 0 Å². The van der Waals surface area contributed by atoms with E-state index in [-0.39, 0.29) is 6.10 Å². The van der Waals surface area contributed by atoms with Gasteiger partial charge < -0.3 is 19.1 Å². The SMILES string of the molecule is COc1cc(OC)nc(N2CCCC(Oc3ncc(C)cn3)C2)n1. The van der Waals surface area contributed by atoms with Crippen molar-refractivity contribution in [3.05, 3.63) is 24.0 Å². The highest BCUT2D eigenvalue weighted by Crippen LogP contribution is 2.24. The van der Waals surface area contributed by atoms with Gasteiger partial charge in [0.2, 0.25) is 17.7 Å². The van der Waals surface area contributed by atoms with Crippen molar-refractivity contribution in [2.75, 3.05) is 32.2 Å². The number of anilines is 1. The van der Waals surface area contributed by atoms with Crippen LogP contribution >= 0.6 is 0 Å². The lowest BCUT2D eigenvalue weighted by Gasteiger charge is -2.32. The predicted octanol–water partition coefficient (Wildman–Crippen LogP) is 1.64. The Hall–Kier alpha value is -2.64. The smallest absolute Gasteiger partial charge is 0.316 e. The summed E-state index contributed by atoms with van der Waals surface area (Å²) in [5, 5.41) is 0. The minimum absolute atomic E-state index is 0.0118. The van der Waals surface area contributed by atoms with Crippen LogP contribution in [0, 0.1) is 6.92 Å². The molecule has 2 aromatic heterocycles. The van der Waals surface area contributed by atoms with Crippen molar-refractivity contribution in [2.24, 2.45) is 0 Å². The topological polar surface area (TPSA) is 82.5 Å². The van der Waals surface area contributed by atoms with Crippen LogP contribution in [0.4, 0.5) is 5.95 Å². The molecule has 8 heteroatoms. The first-order chi connectivity index (χ1) is 11.7. The van der Waals surface area contributed by atoms with Crippen molar-refractivity contribution in [3.8, 4) is 17.8 Å². The van der Waals surface area contributed by atoms with E-state index < -0.39 is 0 Å². The third-order valence-corrected chi connectivity index (χ3v) is 3.78. The van der Waals surface area contributed by atoms with Crippen LogP contribution in [0.2, 0.25) is 0 Å². The third kappa shape index (κ3) is 3.81. The second-order valence-corrected chi connectivity index (χ2v) is 5.62. The zero-order chi connectivity index (χ0) is 16.9. The lowest BCUT2D eigenvalue weighted by molar-refractivity contribution is 0.163. The summed E-state index contributed by atoms with van der Waals surface area (Å²) in [6.07, 6.45) is 5.40. The van der Waals surface area contributed by atoms with E-state index >= 15 is 0 Å². The maximum atomic E-state index is 5.89. The largest absolute Gasteiger partial charge is 0.481 e. The molecule has 1 atom stereocenters. The normalized spacial score (nSPS) is 17.5. The van der Waals surface area contributed by atoms with E-state index in [1.54, 1.807) is 32.7 Å². The molecule has 3 heterocycles. The van der Waals surface area contributed by atoms with E-state index in [1.165, 1.54) is 0 Å². The Labute approximate surface area is 140 Å². The van der Waals surface area contributed by atoms with E-state index in [1.807, 2.05) is 6.92 Å². The van der Waals surface area contributed by atoms with Gasteiger partial charge in [0.1, 0.15) is 6.10 Å². The molecule has 0 bridgehead atoms. The number of rotatable bonds is 5. The molecule has 8 nitrogen and oxygen atoms in total. The van der Waals surface area contributed by atoms with Crippen molar-refractivity contribution in [1.29, 1.82) is 0 Å². The van der Waals surface area contributed by atoms with Crippen molar-refractivity contribution >= 4 is 5.95 Å². The van der Waals surface area contributed by atoms with Gasteiger partial charge >= 0.3 is 6.01 Å². The molecule has 0 saturated carbocycles. The van der Waals surface area contributed by atoms with Crippen LogP contribution in [0.5, 0.6) is 17.8 Å². The van der Waals surface area contributed by atoms with Gasteiger partial charge in [0.15, 0.2) is 0 Å². The van der Waals surface area contributed by atoms with Crippen LogP contribution < -0.4 is 19.1 Å². The van der Waals surface area contributed by atoms with Crippen molar-refractivity contribution in [1.82, 2.24) is 19.9 Å². The summed E-state index contributed by atoms with van der Waals surface area (Å²) < 4.78 is 16.3. The monoisotopic (exact) mass is 331 g/mol. The standard InChI is InChI=1S/C16H21N5O3/c1-11-8-17-16(18-9-11)24-12-5-4-6-21(10-12)15-19-13(22-2)7-14(20-15)23-3/h7-9,12H,4-6,10H2,1-3H3. The molecule has 24 heavy (non-hydrogen) atoms. The average Bonchev–Trinajstić information content (AvgIpc) is 2.63. The summed E-state index contributed by atoms with van der Waals surface area (Å²) in [6, 6.07) is 2.05. The molecule has 0 aliphatic carbocycles. The van der Waals surface area contributed by atoms with Crippen LogP contribution in [0.3, 0.4) is 0 Å². The van der Waals surface area contributed by atoms with E-state index in [2.05, 4.69) is 24.8 Å². The fraction of sp³-hybridized carbons (Fsp3) is 0.500. The van der Waals surface area contributed by atoms with Crippen molar-refractivity contribution in [3.63, 3.8) is 0 Å². The summed E-state index contributed by atoms with van der Waals surface area (Å²) in [6.45, 7) is 3.46. The first kappa shape index (κ1) is 16.2. The van der Waals surface area contributed by atoms with Gasteiger partial charge in [0.05, 0.1) is 26.8 Å². The molecule has 0 radical (unpaired) electrons. The Balaban J connectivity index is 1.72. The van der Waals surface area contributed by atoms with E-state index in [0.29, 0.717) is 30.3 Å². The third-order valence-electron chi connectivity index (χ3n) is 3.78. The Bertz CT molecular complexity index is 658. The maximum absolute atomic E-state index is 5.89. The summed E-state index contributed by atoms with van der Waals surface area (Å²) in [4.78, 5) is 19.3. The molecule has 0 N–H and O–H groups in total. The first-order valence-electron chi connectivity index (χ1n) is 7.85. The quantitative estimate of drug-likeness (QED) is 0.818. The molecule has 1 saturated heterocycles. The van der Waals surface area contributed by atoms with E-state index in [9.17, 15) is 0 Å². The lowest BCUT2D eigenvalue weighted by atomic mass is 10.1. The Morgan fingerprint density at radius 2 is 1.75 bits per heavy atom. The number of nitrogens with zero attached hydrogens (tertiary/aromatic N) is 5. The number of hydrogen-bond acceptors (Lipinski definition) is 8. The molecule has 1 aliphatic heterocycles. The molecule has 128 valence electrons. The minimum Gasteiger partial charge on any atom is -0.481 e. The van der Waals surface area contributed by atoms with Crippen LogP contribution in [-0.2, 0) is 0 Å². The maximum Gasteiger partial charge on any atom is 0.316 e. The fourth-order valence-corrected chi connectivity index (χ4v) is 2.55. The molecular formula is C16H21N5O3. The zero-order valence-electron chi connectivity index (χ0n) is 14.1. The highest BCUT2D eigenvalue weighted by atomic mass is 16.5. The number of piperidine rings is 1. The van der Waals surface area contributed by atoms with E-state index in [4.69, 9.17) is 14.2 Å². The molecule has 1 aliphatic rings. The van der Waals surface area contributed by atoms with Crippen LogP contribution in [-0.4, -0.2) is 53.3 Å². The Morgan fingerprint density at radius 1 is 1.08 bits per heavy atom. The van der Waals surface area contributed by atoms with Crippen molar-refractivity contribution < 1.29 is 14.2 Å². The second kappa shape index (κ2) is 7.29. The van der Waals surface area contributed by atoms with Crippen LogP contribution in [0.1, 0.15) is 18.4 Å². The molecule has 1 fully saturated rings. The molecule has 0 amide bonds. The van der Waals surface area contributed by atoms with Gasteiger partial charge in [-0.2, -0.15) is 9.97 Å². The molecule has 0 spiro atoms. The molecule has 1 unspecified atom stereocenters. The van der Waals surface area contributed by atoms with Gasteiger partial charge in [-0.15, -0.1) is 0 Å². The number of aromatic nitrogens is 4. The molecular weight excluding hydrogens is 310 g/mol. The van der Waals surface area contributed by atoms with Crippen LogP contribution in [0.25, 0.3) is 0 Å².